The second kappa shape index (κ2) is 7.16. The van der Waals surface area contributed by atoms with Crippen LogP contribution in [0.4, 0.5) is 0 Å². The molecule has 1 aromatic rings. The Morgan fingerprint density at radius 3 is 2.80 bits per heavy atom. The minimum Gasteiger partial charge on any atom is -0.376 e. The number of carbonyl (C=O) groups excluding carboxylic acids is 1. The Balaban J connectivity index is 1.64. The standard InChI is InChI=1S/C13H20N4O3/c14-9-1-3-10(4-2-9)20-8-7-15-13(19)11-5-6-12(18)17-16-11/h5-6,9-10H,1-4,7-8,14H2,(H,15,19)(H,17,18). The van der Waals surface area contributed by atoms with Crippen LogP contribution in [-0.2, 0) is 4.74 Å². The number of H-pyrrole nitrogens is 1. The van der Waals surface area contributed by atoms with Gasteiger partial charge >= 0.3 is 0 Å². The summed E-state index contributed by atoms with van der Waals surface area (Å²) in [4.78, 5) is 22.5. The Morgan fingerprint density at radius 1 is 1.40 bits per heavy atom. The first-order chi connectivity index (χ1) is 9.65. The summed E-state index contributed by atoms with van der Waals surface area (Å²) in [7, 11) is 0. The summed E-state index contributed by atoms with van der Waals surface area (Å²) in [6, 6.07) is 2.96. The lowest BCUT2D eigenvalue weighted by Crippen LogP contribution is -2.33. The predicted molar refractivity (Wildman–Crippen MR) is 73.4 cm³/mol. The lowest BCUT2D eigenvalue weighted by molar-refractivity contribution is 0.0267. The summed E-state index contributed by atoms with van der Waals surface area (Å²) >= 11 is 0. The number of aromatic amines is 1. The molecule has 0 aromatic carbocycles. The van der Waals surface area contributed by atoms with Crippen molar-refractivity contribution in [3.63, 3.8) is 0 Å². The number of nitrogens with two attached hydrogens (primary N) is 1. The van der Waals surface area contributed by atoms with E-state index < -0.39 is 0 Å². The first-order valence-corrected chi connectivity index (χ1v) is 6.86. The predicted octanol–water partition coefficient (Wildman–Crippen LogP) is -0.214. The Kier molecular flexibility index (Phi) is 5.25. The number of nitrogens with zero attached hydrogens (tertiary/aromatic N) is 1. The van der Waals surface area contributed by atoms with Crippen LogP contribution in [0, 0.1) is 0 Å². The van der Waals surface area contributed by atoms with Gasteiger partial charge < -0.3 is 15.8 Å². The molecule has 1 amide bonds. The third-order valence-corrected chi connectivity index (χ3v) is 3.37. The van der Waals surface area contributed by atoms with Gasteiger partial charge in [0, 0.05) is 18.7 Å². The minimum absolute atomic E-state index is 0.188. The van der Waals surface area contributed by atoms with Crippen LogP contribution < -0.4 is 16.6 Å². The van der Waals surface area contributed by atoms with Gasteiger partial charge in [0.1, 0.15) is 5.69 Å². The number of carbonyl (C=O) groups is 1. The molecule has 1 aliphatic rings. The molecular weight excluding hydrogens is 260 g/mol. The summed E-state index contributed by atoms with van der Waals surface area (Å²) in [5.74, 6) is -0.324. The Morgan fingerprint density at radius 2 is 2.15 bits per heavy atom. The van der Waals surface area contributed by atoms with Crippen LogP contribution in [0.3, 0.4) is 0 Å². The summed E-state index contributed by atoms with van der Waals surface area (Å²) in [5, 5.41) is 8.56. The fraction of sp³-hybridized carbons (Fsp3) is 0.615. The maximum atomic E-state index is 11.7. The molecule has 1 heterocycles. The van der Waals surface area contributed by atoms with Gasteiger partial charge in [-0.1, -0.05) is 0 Å². The number of nitrogens with one attached hydrogen (secondary N) is 2. The zero-order valence-corrected chi connectivity index (χ0v) is 11.3. The van der Waals surface area contributed by atoms with Crippen molar-refractivity contribution < 1.29 is 9.53 Å². The van der Waals surface area contributed by atoms with E-state index in [0.717, 1.165) is 25.7 Å². The maximum absolute atomic E-state index is 11.7. The van der Waals surface area contributed by atoms with Gasteiger partial charge in [0.15, 0.2) is 0 Å². The second-order valence-corrected chi connectivity index (χ2v) is 4.97. The van der Waals surface area contributed by atoms with Crippen molar-refractivity contribution >= 4 is 5.91 Å². The number of hydrogen-bond acceptors (Lipinski definition) is 5. The van der Waals surface area contributed by atoms with Gasteiger partial charge in [-0.2, -0.15) is 5.10 Å². The van der Waals surface area contributed by atoms with Crippen LogP contribution in [0.5, 0.6) is 0 Å². The third kappa shape index (κ3) is 4.43. The van der Waals surface area contributed by atoms with Crippen LogP contribution in [0.15, 0.2) is 16.9 Å². The fourth-order valence-corrected chi connectivity index (χ4v) is 2.21. The van der Waals surface area contributed by atoms with E-state index in [-0.39, 0.29) is 23.3 Å². The molecule has 4 N–H and O–H groups in total. The third-order valence-electron chi connectivity index (χ3n) is 3.37. The molecule has 7 nitrogen and oxygen atoms in total. The smallest absolute Gasteiger partial charge is 0.271 e. The highest BCUT2D eigenvalue weighted by molar-refractivity contribution is 5.91. The van der Waals surface area contributed by atoms with Crippen LogP contribution in [-0.4, -0.2) is 41.4 Å². The van der Waals surface area contributed by atoms with Crippen molar-refractivity contribution in [2.45, 2.75) is 37.8 Å². The van der Waals surface area contributed by atoms with Crippen LogP contribution in [0.1, 0.15) is 36.2 Å². The van der Waals surface area contributed by atoms with Crippen LogP contribution in [0.25, 0.3) is 0 Å². The normalized spacial score (nSPS) is 22.4. The molecule has 0 unspecified atom stereocenters. The lowest BCUT2D eigenvalue weighted by atomic mass is 9.94. The Bertz CT molecular complexity index is 474. The monoisotopic (exact) mass is 280 g/mol. The van der Waals surface area contributed by atoms with Crippen molar-refractivity contribution in [2.24, 2.45) is 5.73 Å². The minimum atomic E-state index is -0.333. The molecule has 1 aliphatic carbocycles. The van der Waals surface area contributed by atoms with Gasteiger partial charge in [0.2, 0.25) is 0 Å². The van der Waals surface area contributed by atoms with E-state index >= 15 is 0 Å². The highest BCUT2D eigenvalue weighted by Crippen LogP contribution is 2.19. The van der Waals surface area contributed by atoms with E-state index in [1.807, 2.05) is 0 Å². The highest BCUT2D eigenvalue weighted by Gasteiger charge is 2.18. The van der Waals surface area contributed by atoms with Crippen molar-refractivity contribution in [3.05, 3.63) is 28.2 Å². The largest absolute Gasteiger partial charge is 0.376 e. The molecule has 0 saturated heterocycles. The first kappa shape index (κ1) is 14.7. The quantitative estimate of drug-likeness (QED) is 0.646. The van der Waals surface area contributed by atoms with Crippen molar-refractivity contribution in [3.8, 4) is 0 Å². The fourth-order valence-electron chi connectivity index (χ4n) is 2.21. The molecule has 0 bridgehead atoms. The lowest BCUT2D eigenvalue weighted by Gasteiger charge is -2.26. The van der Waals surface area contributed by atoms with Gasteiger partial charge in [-0.25, -0.2) is 5.10 Å². The zero-order valence-electron chi connectivity index (χ0n) is 11.3. The van der Waals surface area contributed by atoms with Gasteiger partial charge in [-0.15, -0.1) is 0 Å². The van der Waals surface area contributed by atoms with E-state index in [4.69, 9.17) is 10.5 Å². The molecular formula is C13H20N4O3. The number of rotatable bonds is 5. The maximum Gasteiger partial charge on any atom is 0.271 e. The molecule has 0 radical (unpaired) electrons. The second-order valence-electron chi connectivity index (χ2n) is 4.97. The van der Waals surface area contributed by atoms with Crippen LogP contribution >= 0.6 is 0 Å². The summed E-state index contributed by atoms with van der Waals surface area (Å²) < 4.78 is 5.69. The van der Waals surface area contributed by atoms with Gasteiger partial charge in [-0.3, -0.25) is 9.59 Å². The van der Waals surface area contributed by atoms with E-state index in [9.17, 15) is 9.59 Å². The molecule has 20 heavy (non-hydrogen) atoms. The SMILES string of the molecule is NC1CCC(OCCNC(=O)c2ccc(=O)[nH]n2)CC1. The zero-order chi connectivity index (χ0) is 14.4. The van der Waals surface area contributed by atoms with E-state index in [1.54, 1.807) is 0 Å². The molecule has 0 atom stereocenters. The molecule has 7 heteroatoms. The topological polar surface area (TPSA) is 110 Å². The van der Waals surface area contributed by atoms with Crippen LogP contribution in [0.2, 0.25) is 0 Å². The average molecular weight is 280 g/mol. The van der Waals surface area contributed by atoms with Crippen molar-refractivity contribution in [2.75, 3.05) is 13.2 Å². The van der Waals surface area contributed by atoms with E-state index in [2.05, 4.69) is 15.5 Å². The highest BCUT2D eigenvalue weighted by atomic mass is 16.5. The molecule has 110 valence electrons. The van der Waals surface area contributed by atoms with Crippen molar-refractivity contribution in [1.82, 2.24) is 15.5 Å². The van der Waals surface area contributed by atoms with E-state index in [0.29, 0.717) is 19.2 Å². The average Bonchev–Trinajstić information content (AvgIpc) is 2.46. The molecule has 1 aromatic heterocycles. The number of hydrogen-bond donors (Lipinski definition) is 3. The Hall–Kier alpha value is -1.73. The molecule has 0 spiro atoms. The Labute approximate surface area is 116 Å². The number of amides is 1. The van der Waals surface area contributed by atoms with Crippen molar-refractivity contribution in [1.29, 1.82) is 0 Å². The summed E-state index contributed by atoms with van der Waals surface area (Å²) in [6.45, 7) is 0.886. The number of ether oxygens (including phenoxy) is 1. The first-order valence-electron chi connectivity index (χ1n) is 6.86. The van der Waals surface area contributed by atoms with E-state index in [1.165, 1.54) is 12.1 Å². The summed E-state index contributed by atoms with van der Waals surface area (Å²) in [5.41, 5.74) is 5.68. The van der Waals surface area contributed by atoms with Gasteiger partial charge in [0.25, 0.3) is 11.5 Å². The summed E-state index contributed by atoms with van der Waals surface area (Å²) in [6.07, 6.45) is 4.21. The molecule has 2 rings (SSSR count). The number of aromatic nitrogens is 2. The molecule has 1 fully saturated rings. The molecule has 1 saturated carbocycles. The van der Waals surface area contributed by atoms with Gasteiger partial charge in [-0.05, 0) is 31.7 Å². The van der Waals surface area contributed by atoms with Gasteiger partial charge in [0.05, 0.1) is 12.7 Å². The molecule has 0 aliphatic heterocycles.